The van der Waals surface area contributed by atoms with Gasteiger partial charge in [-0.3, -0.25) is 9.69 Å². The first-order valence-electron chi connectivity index (χ1n) is 5.67. The Bertz CT molecular complexity index is 357. The summed E-state index contributed by atoms with van der Waals surface area (Å²) in [5, 5.41) is 8.67. The van der Waals surface area contributed by atoms with Crippen LogP contribution in [0.4, 0.5) is 0 Å². The number of benzene rings is 1. The van der Waals surface area contributed by atoms with Gasteiger partial charge < -0.3 is 5.11 Å². The molecule has 16 heavy (non-hydrogen) atoms. The van der Waals surface area contributed by atoms with Crippen molar-refractivity contribution in [3.63, 3.8) is 0 Å². The number of aliphatic carboxylic acids is 1. The first kappa shape index (κ1) is 11.1. The molecule has 86 valence electrons. The summed E-state index contributed by atoms with van der Waals surface area (Å²) < 4.78 is 0. The molecule has 1 heterocycles. The smallest absolute Gasteiger partial charge is 0.303 e. The van der Waals surface area contributed by atoms with E-state index >= 15 is 0 Å². The normalized spacial score (nSPS) is 19.1. The van der Waals surface area contributed by atoms with Crippen LogP contribution in [-0.4, -0.2) is 29.1 Å². The zero-order chi connectivity index (χ0) is 11.5. The Morgan fingerprint density at radius 3 is 2.62 bits per heavy atom. The van der Waals surface area contributed by atoms with Crippen LogP contribution in [0, 0.1) is 5.92 Å². The van der Waals surface area contributed by atoms with Crippen molar-refractivity contribution in [2.45, 2.75) is 19.4 Å². The van der Waals surface area contributed by atoms with Crippen LogP contribution in [-0.2, 0) is 4.79 Å². The summed E-state index contributed by atoms with van der Waals surface area (Å²) in [6.07, 6.45) is 0.304. The van der Waals surface area contributed by atoms with Crippen molar-refractivity contribution in [3.05, 3.63) is 35.9 Å². The number of hydrogen-bond acceptors (Lipinski definition) is 2. The van der Waals surface area contributed by atoms with Gasteiger partial charge in [-0.15, -0.1) is 0 Å². The van der Waals surface area contributed by atoms with Crippen LogP contribution >= 0.6 is 0 Å². The Balaban J connectivity index is 1.86. The summed E-state index contributed by atoms with van der Waals surface area (Å²) in [6, 6.07) is 10.7. The average molecular weight is 219 g/mol. The molecule has 1 aliphatic heterocycles. The van der Waals surface area contributed by atoms with Gasteiger partial charge in [0.15, 0.2) is 0 Å². The monoisotopic (exact) mass is 219 g/mol. The van der Waals surface area contributed by atoms with Crippen molar-refractivity contribution in [2.24, 2.45) is 5.92 Å². The molecule has 0 aromatic heterocycles. The van der Waals surface area contributed by atoms with Crippen molar-refractivity contribution < 1.29 is 9.90 Å². The Kier molecular flexibility index (Phi) is 3.25. The van der Waals surface area contributed by atoms with E-state index < -0.39 is 5.97 Å². The lowest BCUT2D eigenvalue weighted by Gasteiger charge is -2.42. The fourth-order valence-electron chi connectivity index (χ4n) is 2.24. The van der Waals surface area contributed by atoms with Gasteiger partial charge in [-0.1, -0.05) is 30.3 Å². The molecule has 0 spiro atoms. The third-order valence-electron chi connectivity index (χ3n) is 3.28. The van der Waals surface area contributed by atoms with Crippen molar-refractivity contribution in [1.82, 2.24) is 4.90 Å². The maximum Gasteiger partial charge on any atom is 0.303 e. The molecule has 0 bridgehead atoms. The van der Waals surface area contributed by atoms with Crippen LogP contribution in [0.3, 0.4) is 0 Å². The summed E-state index contributed by atoms with van der Waals surface area (Å²) >= 11 is 0. The largest absolute Gasteiger partial charge is 0.481 e. The lowest BCUT2D eigenvalue weighted by molar-refractivity contribution is -0.139. The van der Waals surface area contributed by atoms with Crippen LogP contribution in [0.5, 0.6) is 0 Å². The third-order valence-corrected chi connectivity index (χ3v) is 3.28. The van der Waals surface area contributed by atoms with Crippen molar-refractivity contribution in [3.8, 4) is 0 Å². The van der Waals surface area contributed by atoms with Gasteiger partial charge in [-0.2, -0.15) is 0 Å². The predicted molar refractivity (Wildman–Crippen MR) is 62.2 cm³/mol. The maximum atomic E-state index is 10.5. The Morgan fingerprint density at radius 1 is 1.44 bits per heavy atom. The van der Waals surface area contributed by atoms with Crippen LogP contribution in [0.1, 0.15) is 24.9 Å². The lowest BCUT2D eigenvalue weighted by atomic mass is 9.92. The van der Waals surface area contributed by atoms with Gasteiger partial charge in [0, 0.05) is 19.1 Å². The molecule has 3 heteroatoms. The minimum absolute atomic E-state index is 0.304. The van der Waals surface area contributed by atoms with E-state index in [4.69, 9.17) is 5.11 Å². The number of carboxylic acids is 1. The summed E-state index contributed by atoms with van der Waals surface area (Å²) in [4.78, 5) is 12.9. The molecule has 1 aromatic rings. The highest BCUT2D eigenvalue weighted by Gasteiger charge is 2.31. The van der Waals surface area contributed by atoms with E-state index in [0.29, 0.717) is 18.4 Å². The van der Waals surface area contributed by atoms with E-state index in [1.54, 1.807) is 0 Å². The second-order valence-electron chi connectivity index (χ2n) is 4.50. The Morgan fingerprint density at radius 2 is 2.06 bits per heavy atom. The minimum Gasteiger partial charge on any atom is -0.481 e. The number of carboxylic acid groups (broad SMARTS) is 1. The number of hydrogen-bond donors (Lipinski definition) is 1. The predicted octanol–water partition coefficient (Wildman–Crippen LogP) is 2.15. The first-order valence-corrected chi connectivity index (χ1v) is 5.67. The van der Waals surface area contributed by atoms with Gasteiger partial charge in [0.25, 0.3) is 0 Å². The Labute approximate surface area is 95.7 Å². The highest BCUT2D eigenvalue weighted by atomic mass is 16.4. The molecule has 0 saturated carbocycles. The summed E-state index contributed by atoms with van der Waals surface area (Å²) in [7, 11) is 0. The number of likely N-dealkylation sites (tertiary alicyclic amines) is 1. The van der Waals surface area contributed by atoms with Crippen LogP contribution in [0.2, 0.25) is 0 Å². The van der Waals surface area contributed by atoms with Crippen LogP contribution < -0.4 is 0 Å². The standard InChI is InChI=1S/C13H17NO2/c1-10(12-5-3-2-4-6-12)14-8-11(9-14)7-13(15)16/h2-6,10-11H,7-9H2,1H3,(H,15,16). The van der Waals surface area contributed by atoms with Gasteiger partial charge in [0.05, 0.1) is 6.42 Å². The molecule has 0 amide bonds. The fraction of sp³-hybridized carbons (Fsp3) is 0.462. The van der Waals surface area contributed by atoms with Gasteiger partial charge >= 0.3 is 5.97 Å². The molecular weight excluding hydrogens is 202 g/mol. The van der Waals surface area contributed by atoms with E-state index in [-0.39, 0.29) is 0 Å². The average Bonchev–Trinajstić information content (AvgIpc) is 2.23. The van der Waals surface area contributed by atoms with E-state index in [9.17, 15) is 4.79 Å². The highest BCUT2D eigenvalue weighted by molar-refractivity contribution is 5.67. The second kappa shape index (κ2) is 4.66. The molecule has 1 aliphatic rings. The SMILES string of the molecule is CC(c1ccccc1)N1CC(CC(=O)O)C1. The van der Waals surface area contributed by atoms with E-state index in [1.165, 1.54) is 5.56 Å². The van der Waals surface area contributed by atoms with Crippen molar-refractivity contribution >= 4 is 5.97 Å². The molecule has 0 radical (unpaired) electrons. The molecule has 1 N–H and O–H groups in total. The highest BCUT2D eigenvalue weighted by Crippen LogP contribution is 2.29. The van der Waals surface area contributed by atoms with Crippen molar-refractivity contribution in [2.75, 3.05) is 13.1 Å². The zero-order valence-corrected chi connectivity index (χ0v) is 9.47. The van der Waals surface area contributed by atoms with E-state index in [1.807, 2.05) is 18.2 Å². The molecule has 0 aliphatic carbocycles. The quantitative estimate of drug-likeness (QED) is 0.843. The van der Waals surface area contributed by atoms with Crippen LogP contribution in [0.25, 0.3) is 0 Å². The molecule has 1 fully saturated rings. The number of carbonyl (C=O) groups is 1. The van der Waals surface area contributed by atoms with Gasteiger partial charge in [0.1, 0.15) is 0 Å². The molecule has 1 saturated heterocycles. The maximum absolute atomic E-state index is 10.5. The van der Waals surface area contributed by atoms with E-state index in [0.717, 1.165) is 13.1 Å². The van der Waals surface area contributed by atoms with E-state index in [2.05, 4.69) is 24.0 Å². The molecular formula is C13H17NO2. The number of rotatable bonds is 4. The minimum atomic E-state index is -0.683. The third kappa shape index (κ3) is 2.42. The second-order valence-corrected chi connectivity index (χ2v) is 4.50. The molecule has 1 aromatic carbocycles. The topological polar surface area (TPSA) is 40.5 Å². The molecule has 1 atom stereocenters. The molecule has 3 nitrogen and oxygen atoms in total. The summed E-state index contributed by atoms with van der Waals surface area (Å²) in [5.74, 6) is -0.347. The summed E-state index contributed by atoms with van der Waals surface area (Å²) in [6.45, 7) is 3.98. The first-order chi connectivity index (χ1) is 7.66. The van der Waals surface area contributed by atoms with Crippen molar-refractivity contribution in [1.29, 1.82) is 0 Å². The molecule has 1 unspecified atom stereocenters. The number of nitrogens with zero attached hydrogens (tertiary/aromatic N) is 1. The molecule has 2 rings (SSSR count). The van der Waals surface area contributed by atoms with Gasteiger partial charge in [-0.25, -0.2) is 0 Å². The zero-order valence-electron chi connectivity index (χ0n) is 9.47. The van der Waals surface area contributed by atoms with Gasteiger partial charge in [-0.05, 0) is 18.4 Å². The Hall–Kier alpha value is -1.35. The lowest BCUT2D eigenvalue weighted by Crippen LogP contribution is -2.48. The van der Waals surface area contributed by atoms with Crippen LogP contribution in [0.15, 0.2) is 30.3 Å². The van der Waals surface area contributed by atoms with Gasteiger partial charge in [0.2, 0.25) is 0 Å². The summed E-state index contributed by atoms with van der Waals surface area (Å²) in [5.41, 5.74) is 1.30. The fourth-order valence-corrected chi connectivity index (χ4v) is 2.24.